The fraction of sp³-hybridized carbons (Fsp3) is 0.435. The number of nitrogens with one attached hydrogen (secondary N) is 1. The first-order valence-electron chi connectivity index (χ1n) is 11.7. The molecular weight excluding hydrogens is 492 g/mol. The first kappa shape index (κ1) is 26.2. The van der Waals surface area contributed by atoms with Crippen LogP contribution in [-0.4, -0.2) is 76.4 Å². The number of carbonyl (C=O) groups is 1. The fourth-order valence-corrected chi connectivity index (χ4v) is 3.87. The molecule has 0 unspecified atom stereocenters. The molecule has 0 spiro atoms. The van der Waals surface area contributed by atoms with E-state index in [9.17, 15) is 18.4 Å². The van der Waals surface area contributed by atoms with Crippen molar-refractivity contribution in [2.75, 3.05) is 50.5 Å². The van der Waals surface area contributed by atoms with Crippen LogP contribution in [-0.2, 0) is 11.3 Å². The lowest BCUT2D eigenvalue weighted by molar-refractivity contribution is -0.0505. The van der Waals surface area contributed by atoms with Crippen molar-refractivity contribution in [2.24, 2.45) is 0 Å². The summed E-state index contributed by atoms with van der Waals surface area (Å²) in [6.07, 6.45) is 3.06. The minimum Gasteiger partial charge on any atom is -0.490 e. The molecule has 12 nitrogen and oxygen atoms in total. The lowest BCUT2D eigenvalue weighted by Crippen LogP contribution is -2.37. The number of rotatable bonds is 10. The molecule has 0 bridgehead atoms. The van der Waals surface area contributed by atoms with Crippen LogP contribution in [0.1, 0.15) is 23.7 Å². The maximum absolute atomic E-state index is 13.4. The summed E-state index contributed by atoms with van der Waals surface area (Å²) in [5, 5.41) is 2.55. The van der Waals surface area contributed by atoms with Gasteiger partial charge in [-0.1, -0.05) is 0 Å². The van der Waals surface area contributed by atoms with Crippen LogP contribution >= 0.6 is 0 Å². The summed E-state index contributed by atoms with van der Waals surface area (Å²) in [5.41, 5.74) is 4.81. The van der Waals surface area contributed by atoms with Crippen LogP contribution in [0.5, 0.6) is 11.5 Å². The van der Waals surface area contributed by atoms with Gasteiger partial charge >= 0.3 is 6.61 Å². The van der Waals surface area contributed by atoms with Crippen LogP contribution in [0.25, 0.3) is 10.9 Å². The second-order valence-electron chi connectivity index (χ2n) is 8.09. The van der Waals surface area contributed by atoms with Crippen molar-refractivity contribution in [3.8, 4) is 11.5 Å². The largest absolute Gasteiger partial charge is 0.490 e. The highest BCUT2D eigenvalue weighted by molar-refractivity contribution is 6.03. The molecule has 2 aromatic heterocycles. The van der Waals surface area contributed by atoms with Crippen molar-refractivity contribution in [2.45, 2.75) is 26.5 Å². The standard InChI is InChI=1S/C23H27F2N7O5/c1-2-32-20(34)15-4-5-16(36-9-3-6-31-7-10-35-11-8-31)18(37-21(24)25)17(15)29-23(32)30-19(33)14-12-27-22(26)28-13-14/h4-5,12-13,21H,2-3,6-11H2,1H3,(H2,26,27,28)(H,29,30,33). The third-order valence-electron chi connectivity index (χ3n) is 5.71. The Kier molecular flexibility index (Phi) is 8.40. The van der Waals surface area contributed by atoms with Crippen LogP contribution in [0.4, 0.5) is 20.7 Å². The quantitative estimate of drug-likeness (QED) is 0.380. The molecule has 1 aliphatic heterocycles. The molecule has 198 valence electrons. The second-order valence-corrected chi connectivity index (χ2v) is 8.09. The summed E-state index contributed by atoms with van der Waals surface area (Å²) >= 11 is 0. The number of benzene rings is 1. The van der Waals surface area contributed by atoms with Gasteiger partial charge in [0, 0.05) is 38.6 Å². The van der Waals surface area contributed by atoms with E-state index >= 15 is 0 Å². The predicted octanol–water partition coefficient (Wildman–Crippen LogP) is 1.74. The molecule has 1 saturated heterocycles. The molecule has 3 aromatic rings. The van der Waals surface area contributed by atoms with Gasteiger partial charge in [-0.3, -0.25) is 24.4 Å². The predicted molar refractivity (Wildman–Crippen MR) is 130 cm³/mol. The summed E-state index contributed by atoms with van der Waals surface area (Å²) in [6.45, 7) is 2.61. The third kappa shape index (κ3) is 6.27. The highest BCUT2D eigenvalue weighted by atomic mass is 19.3. The summed E-state index contributed by atoms with van der Waals surface area (Å²) in [4.78, 5) is 39.9. The number of morpholine rings is 1. The molecule has 14 heteroatoms. The molecule has 1 aromatic carbocycles. The van der Waals surface area contributed by atoms with E-state index in [4.69, 9.17) is 19.9 Å². The Labute approximate surface area is 210 Å². The number of carbonyl (C=O) groups excluding carboxylic acids is 1. The minimum absolute atomic E-state index is 0.0140. The fourth-order valence-electron chi connectivity index (χ4n) is 3.87. The first-order valence-corrected chi connectivity index (χ1v) is 11.7. The van der Waals surface area contributed by atoms with Gasteiger partial charge in [0.2, 0.25) is 11.9 Å². The molecule has 0 aliphatic carbocycles. The normalized spacial score (nSPS) is 14.2. The number of anilines is 2. The molecular formula is C23H27F2N7O5. The number of nitrogens with two attached hydrogens (primary N) is 1. The van der Waals surface area contributed by atoms with Crippen LogP contribution in [0, 0.1) is 0 Å². The van der Waals surface area contributed by atoms with E-state index in [1.165, 1.54) is 29.1 Å². The Morgan fingerprint density at radius 1 is 1.24 bits per heavy atom. The maximum atomic E-state index is 13.4. The summed E-state index contributed by atoms with van der Waals surface area (Å²) < 4.78 is 43.8. The van der Waals surface area contributed by atoms with Gasteiger partial charge in [0.05, 0.1) is 30.8 Å². The Morgan fingerprint density at radius 3 is 2.65 bits per heavy atom. The number of alkyl halides is 2. The van der Waals surface area contributed by atoms with Gasteiger partial charge in [-0.25, -0.2) is 15.0 Å². The number of fused-ring (bicyclic) bond motifs is 1. The molecule has 1 amide bonds. The highest BCUT2D eigenvalue weighted by Gasteiger charge is 2.22. The van der Waals surface area contributed by atoms with Crippen LogP contribution in [0.15, 0.2) is 29.3 Å². The van der Waals surface area contributed by atoms with E-state index in [1.807, 2.05) is 0 Å². The first-order chi connectivity index (χ1) is 17.9. The number of ether oxygens (including phenoxy) is 3. The topological polar surface area (TPSA) is 147 Å². The SMILES string of the molecule is CCn1c(NC(=O)c2cnc(N)nc2)nc2c(OC(F)F)c(OCCCN3CCOCC3)ccc2c1=O. The average molecular weight is 520 g/mol. The number of amides is 1. The molecule has 3 heterocycles. The molecule has 1 aliphatic rings. The number of aromatic nitrogens is 4. The molecule has 3 N–H and O–H groups in total. The third-order valence-corrected chi connectivity index (χ3v) is 5.71. The van der Waals surface area contributed by atoms with E-state index < -0.39 is 18.1 Å². The molecule has 0 atom stereocenters. The molecule has 1 fully saturated rings. The van der Waals surface area contributed by atoms with Crippen molar-refractivity contribution < 1.29 is 27.8 Å². The van der Waals surface area contributed by atoms with E-state index in [0.29, 0.717) is 19.6 Å². The van der Waals surface area contributed by atoms with Crippen molar-refractivity contribution in [1.82, 2.24) is 24.4 Å². The van der Waals surface area contributed by atoms with E-state index in [1.54, 1.807) is 6.92 Å². The van der Waals surface area contributed by atoms with Crippen molar-refractivity contribution in [3.05, 3.63) is 40.4 Å². The Bertz CT molecular complexity index is 1300. The zero-order valence-electron chi connectivity index (χ0n) is 20.2. The van der Waals surface area contributed by atoms with Crippen LogP contribution in [0.3, 0.4) is 0 Å². The number of nitrogens with zero attached hydrogens (tertiary/aromatic N) is 5. The van der Waals surface area contributed by atoms with Crippen molar-refractivity contribution in [1.29, 1.82) is 0 Å². The maximum Gasteiger partial charge on any atom is 0.387 e. The van der Waals surface area contributed by atoms with E-state index in [0.717, 1.165) is 19.6 Å². The number of hydrogen-bond acceptors (Lipinski definition) is 10. The molecule has 37 heavy (non-hydrogen) atoms. The number of nitrogen functional groups attached to an aromatic ring is 1. The zero-order chi connectivity index (χ0) is 26.4. The Balaban J connectivity index is 1.63. The highest BCUT2D eigenvalue weighted by Crippen LogP contribution is 2.35. The number of hydrogen-bond donors (Lipinski definition) is 2. The van der Waals surface area contributed by atoms with Gasteiger partial charge in [0.25, 0.3) is 11.5 Å². The van der Waals surface area contributed by atoms with Crippen molar-refractivity contribution >= 4 is 28.7 Å². The molecule has 0 radical (unpaired) electrons. The summed E-state index contributed by atoms with van der Waals surface area (Å²) in [5.74, 6) is -1.21. The second kappa shape index (κ2) is 11.9. The van der Waals surface area contributed by atoms with Gasteiger partial charge in [-0.2, -0.15) is 8.78 Å². The number of halogens is 2. The monoisotopic (exact) mass is 519 g/mol. The van der Waals surface area contributed by atoms with Gasteiger partial charge in [0.15, 0.2) is 11.5 Å². The zero-order valence-corrected chi connectivity index (χ0v) is 20.2. The van der Waals surface area contributed by atoms with Gasteiger partial charge < -0.3 is 19.9 Å². The van der Waals surface area contributed by atoms with Crippen molar-refractivity contribution in [3.63, 3.8) is 0 Å². The summed E-state index contributed by atoms with van der Waals surface area (Å²) in [7, 11) is 0. The summed E-state index contributed by atoms with van der Waals surface area (Å²) in [6, 6.07) is 2.84. The lowest BCUT2D eigenvalue weighted by atomic mass is 10.2. The van der Waals surface area contributed by atoms with Gasteiger partial charge in [-0.05, 0) is 25.5 Å². The molecule has 4 rings (SSSR count). The van der Waals surface area contributed by atoms with Crippen LogP contribution in [0.2, 0.25) is 0 Å². The Morgan fingerprint density at radius 2 is 1.97 bits per heavy atom. The Hall–Kier alpha value is -3.91. The minimum atomic E-state index is -3.19. The molecule has 0 saturated carbocycles. The average Bonchev–Trinajstić information content (AvgIpc) is 2.88. The van der Waals surface area contributed by atoms with Gasteiger partial charge in [-0.15, -0.1) is 0 Å². The lowest BCUT2D eigenvalue weighted by Gasteiger charge is -2.26. The van der Waals surface area contributed by atoms with E-state index in [-0.39, 0.29) is 53.0 Å². The smallest absolute Gasteiger partial charge is 0.387 e. The van der Waals surface area contributed by atoms with Gasteiger partial charge in [0.1, 0.15) is 5.52 Å². The van der Waals surface area contributed by atoms with E-state index in [2.05, 4.69) is 25.2 Å². The van der Waals surface area contributed by atoms with Crippen LogP contribution < -0.4 is 26.1 Å².